The number of nitrogens with one attached hydrogen (secondary N) is 1. The highest BCUT2D eigenvalue weighted by Crippen LogP contribution is 2.22. The van der Waals surface area contributed by atoms with Gasteiger partial charge >= 0.3 is 6.03 Å². The first-order chi connectivity index (χ1) is 16.1. The van der Waals surface area contributed by atoms with E-state index in [4.69, 9.17) is 5.10 Å². The molecule has 0 saturated heterocycles. The van der Waals surface area contributed by atoms with Crippen molar-refractivity contribution in [3.8, 4) is 11.3 Å². The predicted molar refractivity (Wildman–Crippen MR) is 129 cm³/mol. The van der Waals surface area contributed by atoms with Crippen LogP contribution >= 0.6 is 0 Å². The van der Waals surface area contributed by atoms with Gasteiger partial charge in [-0.2, -0.15) is 10.2 Å². The molecule has 2 heterocycles. The molecular weight excluding hydrogens is 412 g/mol. The van der Waals surface area contributed by atoms with Gasteiger partial charge in [-0.25, -0.2) is 4.79 Å². The summed E-state index contributed by atoms with van der Waals surface area (Å²) in [5.41, 5.74) is 5.11. The largest absolute Gasteiger partial charge is 0.334 e. The Hall–Kier alpha value is -3.87. The molecule has 0 saturated carbocycles. The van der Waals surface area contributed by atoms with Crippen molar-refractivity contribution >= 4 is 6.03 Å². The molecule has 0 unspecified atom stereocenters. The molecule has 33 heavy (non-hydrogen) atoms. The van der Waals surface area contributed by atoms with E-state index in [1.807, 2.05) is 77.6 Å². The molecule has 0 atom stereocenters. The second-order valence-corrected chi connectivity index (χ2v) is 8.15. The Balaban J connectivity index is 1.51. The summed E-state index contributed by atoms with van der Waals surface area (Å²) in [5, 5.41) is 12.2. The molecule has 0 bridgehead atoms. The minimum Gasteiger partial charge on any atom is -0.334 e. The lowest BCUT2D eigenvalue weighted by atomic mass is 10.1. The highest BCUT2D eigenvalue weighted by Gasteiger charge is 2.17. The molecule has 0 aliphatic heterocycles. The topological polar surface area (TPSA) is 68.0 Å². The number of carbonyl (C=O) groups is 1. The van der Waals surface area contributed by atoms with Crippen LogP contribution in [-0.4, -0.2) is 37.0 Å². The van der Waals surface area contributed by atoms with Gasteiger partial charge in [0.15, 0.2) is 0 Å². The molecule has 0 aliphatic carbocycles. The fourth-order valence-corrected chi connectivity index (χ4v) is 3.86. The third-order valence-corrected chi connectivity index (χ3v) is 5.41. The molecule has 0 aliphatic rings. The molecule has 4 aromatic rings. The highest BCUT2D eigenvalue weighted by atomic mass is 16.2. The van der Waals surface area contributed by atoms with Gasteiger partial charge < -0.3 is 10.2 Å². The van der Waals surface area contributed by atoms with Crippen LogP contribution in [0.2, 0.25) is 0 Å². The molecule has 7 nitrogen and oxygen atoms in total. The zero-order valence-electron chi connectivity index (χ0n) is 19.2. The monoisotopic (exact) mass is 442 g/mol. The molecule has 0 fully saturated rings. The number of carbonyl (C=O) groups excluding carboxylic acids is 1. The van der Waals surface area contributed by atoms with Crippen LogP contribution in [0.1, 0.15) is 30.0 Å². The lowest BCUT2D eigenvalue weighted by Gasteiger charge is -2.22. The summed E-state index contributed by atoms with van der Waals surface area (Å²) >= 11 is 0. The lowest BCUT2D eigenvalue weighted by Crippen LogP contribution is -2.39. The summed E-state index contributed by atoms with van der Waals surface area (Å²) in [7, 11) is 1.88. The van der Waals surface area contributed by atoms with Gasteiger partial charge in [-0.3, -0.25) is 9.36 Å². The van der Waals surface area contributed by atoms with Crippen molar-refractivity contribution in [3.63, 3.8) is 0 Å². The van der Waals surface area contributed by atoms with Gasteiger partial charge in [-0.1, -0.05) is 67.6 Å². The van der Waals surface area contributed by atoms with Gasteiger partial charge in [-0.15, -0.1) is 0 Å². The highest BCUT2D eigenvalue weighted by molar-refractivity contribution is 5.74. The number of aryl methyl sites for hydroxylation is 1. The minimum atomic E-state index is -0.0875. The Kier molecular flexibility index (Phi) is 7.19. The first-order valence-corrected chi connectivity index (χ1v) is 11.3. The second kappa shape index (κ2) is 10.6. The molecule has 0 spiro atoms. The Morgan fingerprint density at radius 3 is 2.39 bits per heavy atom. The molecule has 1 N–H and O–H groups in total. The first-order valence-electron chi connectivity index (χ1n) is 11.3. The van der Waals surface area contributed by atoms with E-state index < -0.39 is 0 Å². The van der Waals surface area contributed by atoms with Gasteiger partial charge in [-0.05, 0) is 12.0 Å². The van der Waals surface area contributed by atoms with Gasteiger partial charge in [0.1, 0.15) is 0 Å². The Morgan fingerprint density at radius 2 is 1.73 bits per heavy atom. The summed E-state index contributed by atoms with van der Waals surface area (Å²) < 4.78 is 3.70. The Morgan fingerprint density at radius 1 is 1.00 bits per heavy atom. The van der Waals surface area contributed by atoms with Crippen LogP contribution in [0, 0.1) is 0 Å². The quantitative estimate of drug-likeness (QED) is 0.416. The summed E-state index contributed by atoms with van der Waals surface area (Å²) in [6, 6.07) is 20.3. The predicted octanol–water partition coefficient (Wildman–Crippen LogP) is 4.45. The molecular formula is C26H30N6O. The summed E-state index contributed by atoms with van der Waals surface area (Å²) in [5.74, 6) is 0. The van der Waals surface area contributed by atoms with E-state index in [-0.39, 0.29) is 6.03 Å². The van der Waals surface area contributed by atoms with Crippen molar-refractivity contribution < 1.29 is 4.79 Å². The second-order valence-electron chi connectivity index (χ2n) is 8.15. The maximum atomic E-state index is 13.0. The minimum absolute atomic E-state index is 0.0875. The van der Waals surface area contributed by atoms with Crippen LogP contribution in [0.4, 0.5) is 4.79 Å². The number of urea groups is 1. The number of hydrogen-bond donors (Lipinski definition) is 1. The summed E-state index contributed by atoms with van der Waals surface area (Å²) in [6.07, 6.45) is 6.66. The van der Waals surface area contributed by atoms with Gasteiger partial charge in [0.05, 0.1) is 25.0 Å². The van der Waals surface area contributed by atoms with Crippen molar-refractivity contribution in [1.29, 1.82) is 0 Å². The maximum Gasteiger partial charge on any atom is 0.317 e. The van der Waals surface area contributed by atoms with E-state index in [0.717, 1.165) is 28.8 Å². The fourth-order valence-electron chi connectivity index (χ4n) is 3.86. The van der Waals surface area contributed by atoms with Crippen LogP contribution in [0.15, 0.2) is 79.3 Å². The maximum absolute atomic E-state index is 13.0. The van der Waals surface area contributed by atoms with Crippen LogP contribution < -0.4 is 5.32 Å². The SMILES string of the molecule is CCCN(Cc1cnn(C)c1)C(=O)NCc1cn(Cc2ccccc2)nc1-c1ccccc1. The van der Waals surface area contributed by atoms with Gasteiger partial charge in [0.25, 0.3) is 0 Å². The van der Waals surface area contributed by atoms with E-state index in [2.05, 4.69) is 29.5 Å². The van der Waals surface area contributed by atoms with Crippen LogP contribution in [0.25, 0.3) is 11.3 Å². The third-order valence-electron chi connectivity index (χ3n) is 5.41. The molecule has 7 heteroatoms. The van der Waals surface area contributed by atoms with E-state index in [0.29, 0.717) is 26.2 Å². The van der Waals surface area contributed by atoms with Gasteiger partial charge in [0, 0.05) is 49.2 Å². The number of amides is 2. The van der Waals surface area contributed by atoms with Crippen molar-refractivity contribution in [2.24, 2.45) is 7.05 Å². The Labute approximate surface area is 194 Å². The smallest absolute Gasteiger partial charge is 0.317 e. The van der Waals surface area contributed by atoms with Gasteiger partial charge in [0.2, 0.25) is 0 Å². The standard InChI is InChI=1S/C26H30N6O/c1-3-14-31(18-22-15-28-30(2)17-22)26(33)27-16-24-20-32(19-21-10-6-4-7-11-21)29-25(24)23-12-8-5-9-13-23/h4-13,15,17,20H,3,14,16,18-19H2,1-2H3,(H,27,33). The van der Waals surface area contributed by atoms with E-state index in [9.17, 15) is 4.79 Å². The van der Waals surface area contributed by atoms with E-state index in [1.165, 1.54) is 5.56 Å². The van der Waals surface area contributed by atoms with Crippen LogP contribution in [0.5, 0.6) is 0 Å². The fraction of sp³-hybridized carbons (Fsp3) is 0.269. The normalized spacial score (nSPS) is 10.8. The van der Waals surface area contributed by atoms with Crippen molar-refractivity contribution in [1.82, 2.24) is 29.8 Å². The van der Waals surface area contributed by atoms with Crippen LogP contribution in [-0.2, 0) is 26.7 Å². The van der Waals surface area contributed by atoms with Crippen molar-refractivity contribution in [3.05, 3.63) is 95.9 Å². The number of benzene rings is 2. The summed E-state index contributed by atoms with van der Waals surface area (Å²) in [6.45, 7) is 4.37. The summed E-state index contributed by atoms with van der Waals surface area (Å²) in [4.78, 5) is 14.9. The average molecular weight is 443 g/mol. The Bertz CT molecular complexity index is 1170. The van der Waals surface area contributed by atoms with Crippen molar-refractivity contribution in [2.75, 3.05) is 6.54 Å². The first kappa shape index (κ1) is 22.3. The zero-order valence-corrected chi connectivity index (χ0v) is 19.2. The molecule has 2 aromatic carbocycles. The van der Waals surface area contributed by atoms with Crippen molar-refractivity contribution in [2.45, 2.75) is 33.0 Å². The lowest BCUT2D eigenvalue weighted by molar-refractivity contribution is 0.194. The van der Waals surface area contributed by atoms with Crippen LogP contribution in [0.3, 0.4) is 0 Å². The third kappa shape index (κ3) is 5.88. The average Bonchev–Trinajstić information content (AvgIpc) is 3.44. The van der Waals surface area contributed by atoms with E-state index >= 15 is 0 Å². The molecule has 2 aromatic heterocycles. The molecule has 4 rings (SSSR count). The zero-order chi connectivity index (χ0) is 23.0. The molecule has 2 amide bonds. The molecule has 170 valence electrons. The number of aromatic nitrogens is 4. The number of rotatable bonds is 9. The number of hydrogen-bond acceptors (Lipinski definition) is 3. The van der Waals surface area contributed by atoms with E-state index in [1.54, 1.807) is 10.9 Å². The number of nitrogens with zero attached hydrogens (tertiary/aromatic N) is 5. The molecule has 0 radical (unpaired) electrons.